The van der Waals surface area contributed by atoms with Gasteiger partial charge in [0.05, 0.1) is 0 Å². The van der Waals surface area contributed by atoms with E-state index in [1.54, 1.807) is 0 Å². The molecule has 2 aromatic carbocycles. The van der Waals surface area contributed by atoms with Crippen LogP contribution < -0.4 is 0 Å². The maximum Gasteiger partial charge on any atom is 0.0442 e. The number of halogens is 2. The molecular weight excluding hydrogens is 416 g/mol. The van der Waals surface area contributed by atoms with Crippen molar-refractivity contribution in [3.05, 3.63) is 68.7 Å². The van der Waals surface area contributed by atoms with Crippen LogP contribution in [0.5, 0.6) is 0 Å². The van der Waals surface area contributed by atoms with Crippen molar-refractivity contribution in [1.82, 2.24) is 0 Å². The van der Waals surface area contributed by atoms with Gasteiger partial charge in [-0.1, -0.05) is 79.5 Å². The van der Waals surface area contributed by atoms with Gasteiger partial charge >= 0.3 is 0 Å². The fourth-order valence-corrected chi connectivity index (χ4v) is 4.64. The Morgan fingerprint density at radius 1 is 0.889 bits per heavy atom. The maximum absolute atomic E-state index is 6.31. The van der Waals surface area contributed by atoms with Crippen LogP contribution in [0.4, 0.5) is 0 Å². The summed E-state index contributed by atoms with van der Waals surface area (Å²) in [6.45, 7) is 8.00. The van der Waals surface area contributed by atoms with E-state index in [4.69, 9.17) is 11.6 Å². The normalized spacial score (nSPS) is 17.4. The molecule has 0 saturated heterocycles. The highest BCUT2D eigenvalue weighted by atomic mass is 79.9. The molecule has 0 heterocycles. The third-order valence-corrected chi connectivity index (χ3v) is 6.72. The molecule has 0 aromatic heterocycles. The molecule has 2 aliphatic carbocycles. The third-order valence-electron chi connectivity index (χ3n) is 5.86. The van der Waals surface area contributed by atoms with Crippen molar-refractivity contribution in [1.29, 1.82) is 0 Å². The van der Waals surface area contributed by atoms with Gasteiger partial charge in [0, 0.05) is 9.50 Å². The molecule has 0 aliphatic heterocycles. The Kier molecular flexibility index (Phi) is 8.89. The second-order valence-corrected chi connectivity index (χ2v) is 8.75. The fourth-order valence-electron chi connectivity index (χ4n) is 4.05. The van der Waals surface area contributed by atoms with E-state index in [0.29, 0.717) is 0 Å². The van der Waals surface area contributed by atoms with Gasteiger partial charge in [0.2, 0.25) is 0 Å². The first-order valence-electron chi connectivity index (χ1n) is 10.7. The lowest BCUT2D eigenvalue weighted by Gasteiger charge is -2.28. The minimum absolute atomic E-state index is 0.782. The fraction of sp³-hybridized carbons (Fsp3) is 0.520. The van der Waals surface area contributed by atoms with E-state index >= 15 is 0 Å². The Labute approximate surface area is 179 Å². The first-order valence-corrected chi connectivity index (χ1v) is 11.8. The average Bonchev–Trinajstić information content (AvgIpc) is 3.48. The average molecular weight is 450 g/mol. The quantitative estimate of drug-likeness (QED) is 0.438. The Morgan fingerprint density at radius 3 is 2.04 bits per heavy atom. The number of hydrogen-bond donors (Lipinski definition) is 0. The summed E-state index contributed by atoms with van der Waals surface area (Å²) >= 11 is 9.84. The van der Waals surface area contributed by atoms with E-state index in [9.17, 15) is 0 Å². The Morgan fingerprint density at radius 2 is 1.48 bits per heavy atom. The number of hydrogen-bond acceptors (Lipinski definition) is 0. The second kappa shape index (κ2) is 10.7. The van der Waals surface area contributed by atoms with Crippen molar-refractivity contribution in [2.75, 3.05) is 0 Å². The van der Waals surface area contributed by atoms with Gasteiger partial charge in [0.25, 0.3) is 0 Å². The molecule has 2 fully saturated rings. The summed E-state index contributed by atoms with van der Waals surface area (Å²) in [6.07, 6.45) is 9.55. The summed E-state index contributed by atoms with van der Waals surface area (Å²) < 4.78 is 1.09. The number of benzene rings is 2. The smallest absolute Gasteiger partial charge is 0.0442 e. The highest BCUT2D eigenvalue weighted by Crippen LogP contribution is 2.58. The van der Waals surface area contributed by atoms with E-state index in [1.807, 2.05) is 39.8 Å². The summed E-state index contributed by atoms with van der Waals surface area (Å²) in [5, 5.41) is 0.847. The summed E-state index contributed by atoms with van der Waals surface area (Å²) in [7, 11) is 0. The van der Waals surface area contributed by atoms with Crippen LogP contribution in [0.1, 0.15) is 88.8 Å². The zero-order valence-electron chi connectivity index (χ0n) is 17.3. The SMILES string of the molecule is CC.CC.Clc1ccc(Br)cc1Cc1ccc(C2CCC3(CC2)CC3)cc1. The molecular formula is C25H34BrCl. The molecule has 27 heavy (non-hydrogen) atoms. The Hall–Kier alpha value is -0.790. The summed E-state index contributed by atoms with van der Waals surface area (Å²) in [5.41, 5.74) is 4.84. The van der Waals surface area contributed by atoms with Crippen LogP contribution in [0.15, 0.2) is 46.9 Å². The standard InChI is InChI=1S/C21H22BrCl.2C2H6/c22-19-5-6-20(23)18(14-19)13-15-1-3-16(4-2-15)17-7-9-21(10-8-17)11-12-21;2*1-2/h1-6,14,17H,7-13H2;2*1-2H3. The van der Waals surface area contributed by atoms with Crippen LogP contribution in [0.25, 0.3) is 0 Å². The zero-order valence-corrected chi connectivity index (χ0v) is 19.7. The van der Waals surface area contributed by atoms with E-state index in [-0.39, 0.29) is 0 Å². The first-order chi connectivity index (χ1) is 13.1. The topological polar surface area (TPSA) is 0 Å². The molecule has 2 heteroatoms. The molecule has 0 unspecified atom stereocenters. The maximum atomic E-state index is 6.31. The molecule has 2 aromatic rings. The Balaban J connectivity index is 0.000000614. The van der Waals surface area contributed by atoms with Crippen LogP contribution >= 0.6 is 27.5 Å². The van der Waals surface area contributed by atoms with E-state index in [0.717, 1.165) is 27.2 Å². The molecule has 0 nitrogen and oxygen atoms in total. The molecule has 0 bridgehead atoms. The molecule has 2 saturated carbocycles. The number of rotatable bonds is 3. The van der Waals surface area contributed by atoms with E-state index in [2.05, 4.69) is 46.3 Å². The lowest BCUT2D eigenvalue weighted by Crippen LogP contribution is -2.13. The highest BCUT2D eigenvalue weighted by molar-refractivity contribution is 9.10. The van der Waals surface area contributed by atoms with Crippen molar-refractivity contribution in [3.8, 4) is 0 Å². The minimum atomic E-state index is 0.782. The monoisotopic (exact) mass is 448 g/mol. The molecule has 2 aliphatic rings. The van der Waals surface area contributed by atoms with Gasteiger partial charge in [-0.25, -0.2) is 0 Å². The Bertz CT molecular complexity index is 691. The molecule has 0 atom stereocenters. The zero-order chi connectivity index (χ0) is 19.9. The summed E-state index contributed by atoms with van der Waals surface area (Å²) in [5.74, 6) is 0.782. The van der Waals surface area contributed by atoms with Gasteiger partial charge in [0.15, 0.2) is 0 Å². The lowest BCUT2D eigenvalue weighted by atomic mass is 9.77. The molecule has 0 radical (unpaired) electrons. The molecule has 0 N–H and O–H groups in total. The van der Waals surface area contributed by atoms with Crippen LogP contribution in [0, 0.1) is 5.41 Å². The van der Waals surface area contributed by atoms with Gasteiger partial charge < -0.3 is 0 Å². The highest BCUT2D eigenvalue weighted by Gasteiger charge is 2.44. The van der Waals surface area contributed by atoms with Crippen molar-refractivity contribution in [2.45, 2.75) is 78.6 Å². The van der Waals surface area contributed by atoms with Gasteiger partial charge in [-0.3, -0.25) is 0 Å². The second-order valence-electron chi connectivity index (χ2n) is 7.43. The van der Waals surface area contributed by atoms with E-state index < -0.39 is 0 Å². The van der Waals surface area contributed by atoms with Crippen LogP contribution in [0.3, 0.4) is 0 Å². The minimum Gasteiger partial charge on any atom is -0.0840 e. The van der Waals surface area contributed by atoms with Crippen molar-refractivity contribution in [3.63, 3.8) is 0 Å². The predicted octanol–water partition coefficient (Wildman–Crippen LogP) is 9.18. The van der Waals surface area contributed by atoms with Crippen LogP contribution in [0.2, 0.25) is 5.02 Å². The molecule has 4 rings (SSSR count). The lowest BCUT2D eigenvalue weighted by molar-refractivity contribution is 0.306. The van der Waals surface area contributed by atoms with Crippen LogP contribution in [-0.2, 0) is 6.42 Å². The molecule has 0 amide bonds. The van der Waals surface area contributed by atoms with Crippen molar-refractivity contribution in [2.24, 2.45) is 5.41 Å². The third kappa shape index (κ3) is 6.09. The largest absolute Gasteiger partial charge is 0.0840 e. The van der Waals surface area contributed by atoms with Crippen LogP contribution in [-0.4, -0.2) is 0 Å². The van der Waals surface area contributed by atoms with Gasteiger partial charge in [0.1, 0.15) is 0 Å². The summed E-state index contributed by atoms with van der Waals surface area (Å²) in [6, 6.07) is 15.3. The van der Waals surface area contributed by atoms with Gasteiger partial charge in [-0.2, -0.15) is 0 Å². The van der Waals surface area contributed by atoms with Gasteiger partial charge in [-0.15, -0.1) is 0 Å². The van der Waals surface area contributed by atoms with Crippen molar-refractivity contribution >= 4 is 27.5 Å². The molecule has 148 valence electrons. The molecule has 1 spiro atoms. The van der Waals surface area contributed by atoms with Crippen molar-refractivity contribution < 1.29 is 0 Å². The summed E-state index contributed by atoms with van der Waals surface area (Å²) in [4.78, 5) is 0. The predicted molar refractivity (Wildman–Crippen MR) is 124 cm³/mol. The first kappa shape index (κ1) is 22.5. The van der Waals surface area contributed by atoms with E-state index in [1.165, 1.54) is 55.2 Å². The van der Waals surface area contributed by atoms with Gasteiger partial charge in [-0.05, 0) is 91.2 Å².